The molecule has 1 saturated heterocycles. The predicted octanol–water partition coefficient (Wildman–Crippen LogP) is 2.24. The lowest BCUT2D eigenvalue weighted by atomic mass is 9.82. The van der Waals surface area contributed by atoms with Crippen LogP contribution in [0.5, 0.6) is 0 Å². The van der Waals surface area contributed by atoms with E-state index >= 15 is 0 Å². The van der Waals surface area contributed by atoms with Crippen LogP contribution in [-0.4, -0.2) is 28.0 Å². The zero-order chi connectivity index (χ0) is 10.8. The highest BCUT2D eigenvalue weighted by Crippen LogP contribution is 2.33. The Hall–Kier alpha value is -1.06. The molecule has 1 heterocycles. The predicted molar refractivity (Wildman–Crippen MR) is 54.5 cm³/mol. The standard InChI is InChI=1S/C11H17NO3/c13-10-7-9(12(10)11(14)15)6-8-4-2-1-3-5-8/h8-9H,1-7H2,(H,14,15). The summed E-state index contributed by atoms with van der Waals surface area (Å²) in [6, 6.07) is -0.0295. The van der Waals surface area contributed by atoms with Crippen molar-refractivity contribution in [3.05, 3.63) is 0 Å². The number of nitrogens with zero attached hydrogens (tertiary/aromatic N) is 1. The third-order valence-electron chi connectivity index (χ3n) is 3.58. The van der Waals surface area contributed by atoms with E-state index in [4.69, 9.17) is 5.11 Å². The summed E-state index contributed by atoms with van der Waals surface area (Å²) in [6.45, 7) is 0. The maximum absolute atomic E-state index is 11.1. The van der Waals surface area contributed by atoms with E-state index in [1.54, 1.807) is 0 Å². The summed E-state index contributed by atoms with van der Waals surface area (Å²) in [5.41, 5.74) is 0. The van der Waals surface area contributed by atoms with Crippen molar-refractivity contribution in [2.75, 3.05) is 0 Å². The molecule has 1 atom stereocenters. The molecule has 1 aliphatic carbocycles. The number of hydrogen-bond acceptors (Lipinski definition) is 2. The summed E-state index contributed by atoms with van der Waals surface area (Å²) in [6.07, 6.45) is 6.49. The fourth-order valence-electron chi connectivity index (χ4n) is 2.74. The molecular formula is C11H17NO3. The zero-order valence-corrected chi connectivity index (χ0v) is 8.82. The van der Waals surface area contributed by atoms with Gasteiger partial charge in [0.05, 0.1) is 6.04 Å². The highest BCUT2D eigenvalue weighted by molar-refractivity contribution is 5.96. The van der Waals surface area contributed by atoms with E-state index in [0.717, 1.165) is 11.3 Å². The van der Waals surface area contributed by atoms with Gasteiger partial charge < -0.3 is 5.11 Å². The first-order valence-corrected chi connectivity index (χ1v) is 5.73. The molecule has 84 valence electrons. The van der Waals surface area contributed by atoms with Gasteiger partial charge in [0, 0.05) is 6.42 Å². The van der Waals surface area contributed by atoms with Gasteiger partial charge in [0.1, 0.15) is 0 Å². The molecule has 1 N–H and O–H groups in total. The van der Waals surface area contributed by atoms with Crippen LogP contribution in [0.25, 0.3) is 0 Å². The molecule has 2 amide bonds. The lowest BCUT2D eigenvalue weighted by molar-refractivity contribution is -0.142. The van der Waals surface area contributed by atoms with Gasteiger partial charge in [-0.2, -0.15) is 0 Å². The Labute approximate surface area is 89.3 Å². The second-order valence-corrected chi connectivity index (χ2v) is 4.64. The number of β-lactam (4-membered cyclic amide) rings is 1. The van der Waals surface area contributed by atoms with E-state index in [0.29, 0.717) is 12.3 Å². The molecule has 2 rings (SSSR count). The summed E-state index contributed by atoms with van der Waals surface area (Å²) in [5.74, 6) is 0.405. The van der Waals surface area contributed by atoms with Gasteiger partial charge in [0.2, 0.25) is 5.91 Å². The summed E-state index contributed by atoms with van der Waals surface area (Å²) in [7, 11) is 0. The molecular weight excluding hydrogens is 194 g/mol. The maximum Gasteiger partial charge on any atom is 0.414 e. The minimum absolute atomic E-state index is 0.0295. The van der Waals surface area contributed by atoms with Crippen LogP contribution in [0, 0.1) is 5.92 Å². The van der Waals surface area contributed by atoms with E-state index in [2.05, 4.69) is 0 Å². The van der Waals surface area contributed by atoms with E-state index in [-0.39, 0.29) is 11.9 Å². The van der Waals surface area contributed by atoms with Crippen molar-refractivity contribution < 1.29 is 14.7 Å². The van der Waals surface area contributed by atoms with Crippen molar-refractivity contribution >= 4 is 12.0 Å². The lowest BCUT2D eigenvalue weighted by Crippen LogP contribution is -2.55. The largest absolute Gasteiger partial charge is 0.465 e. The van der Waals surface area contributed by atoms with Crippen LogP contribution in [0.15, 0.2) is 0 Å². The Balaban J connectivity index is 1.84. The van der Waals surface area contributed by atoms with Crippen LogP contribution in [0.2, 0.25) is 0 Å². The normalized spacial score (nSPS) is 27.6. The first-order valence-electron chi connectivity index (χ1n) is 5.73. The smallest absolute Gasteiger partial charge is 0.414 e. The van der Waals surface area contributed by atoms with Gasteiger partial charge in [-0.05, 0) is 12.3 Å². The van der Waals surface area contributed by atoms with E-state index < -0.39 is 6.09 Å². The van der Waals surface area contributed by atoms with Crippen molar-refractivity contribution in [2.45, 2.75) is 51.0 Å². The Morgan fingerprint density at radius 3 is 2.53 bits per heavy atom. The summed E-state index contributed by atoms with van der Waals surface area (Å²) in [5, 5.41) is 8.81. The number of carbonyl (C=O) groups excluding carboxylic acids is 1. The molecule has 1 saturated carbocycles. The van der Waals surface area contributed by atoms with Gasteiger partial charge >= 0.3 is 6.09 Å². The fraction of sp³-hybridized carbons (Fsp3) is 0.818. The second-order valence-electron chi connectivity index (χ2n) is 4.64. The zero-order valence-electron chi connectivity index (χ0n) is 8.82. The SMILES string of the molecule is O=C(O)N1C(=O)CC1CC1CCCCC1. The number of imide groups is 1. The van der Waals surface area contributed by atoms with Gasteiger partial charge in [-0.1, -0.05) is 32.1 Å². The number of likely N-dealkylation sites (tertiary alicyclic amines) is 1. The average molecular weight is 211 g/mol. The molecule has 0 radical (unpaired) electrons. The van der Waals surface area contributed by atoms with Crippen molar-refractivity contribution in [1.82, 2.24) is 4.90 Å². The van der Waals surface area contributed by atoms with Gasteiger partial charge in [-0.25, -0.2) is 9.69 Å². The molecule has 0 aromatic carbocycles. The summed E-state index contributed by atoms with van der Waals surface area (Å²) < 4.78 is 0. The van der Waals surface area contributed by atoms with Crippen LogP contribution in [0.1, 0.15) is 44.9 Å². The Bertz CT molecular complexity index is 263. The molecule has 0 aromatic heterocycles. The van der Waals surface area contributed by atoms with Crippen molar-refractivity contribution in [1.29, 1.82) is 0 Å². The van der Waals surface area contributed by atoms with Crippen LogP contribution >= 0.6 is 0 Å². The van der Waals surface area contributed by atoms with Crippen molar-refractivity contribution in [3.63, 3.8) is 0 Å². The van der Waals surface area contributed by atoms with Gasteiger partial charge in [-0.15, -0.1) is 0 Å². The quantitative estimate of drug-likeness (QED) is 0.712. The number of amides is 2. The van der Waals surface area contributed by atoms with E-state index in [9.17, 15) is 9.59 Å². The van der Waals surface area contributed by atoms with Gasteiger partial charge in [0.15, 0.2) is 0 Å². The molecule has 0 bridgehead atoms. The lowest BCUT2D eigenvalue weighted by Gasteiger charge is -2.39. The highest BCUT2D eigenvalue weighted by atomic mass is 16.4. The molecule has 15 heavy (non-hydrogen) atoms. The summed E-state index contributed by atoms with van der Waals surface area (Å²) >= 11 is 0. The minimum Gasteiger partial charge on any atom is -0.465 e. The molecule has 1 aliphatic heterocycles. The molecule has 0 aromatic rings. The maximum atomic E-state index is 11.1. The van der Waals surface area contributed by atoms with Gasteiger partial charge in [-0.3, -0.25) is 4.79 Å². The molecule has 0 spiro atoms. The monoisotopic (exact) mass is 211 g/mol. The molecule has 4 heteroatoms. The second kappa shape index (κ2) is 4.21. The molecule has 4 nitrogen and oxygen atoms in total. The fourth-order valence-corrected chi connectivity index (χ4v) is 2.74. The highest BCUT2D eigenvalue weighted by Gasteiger charge is 2.41. The Kier molecular flexibility index (Phi) is 2.93. The van der Waals surface area contributed by atoms with Crippen LogP contribution in [0.4, 0.5) is 4.79 Å². The number of carboxylic acid groups (broad SMARTS) is 1. The number of rotatable bonds is 2. The number of carbonyl (C=O) groups is 2. The van der Waals surface area contributed by atoms with Crippen molar-refractivity contribution in [3.8, 4) is 0 Å². The van der Waals surface area contributed by atoms with Crippen LogP contribution in [-0.2, 0) is 4.79 Å². The Morgan fingerprint density at radius 2 is 2.00 bits per heavy atom. The third-order valence-corrected chi connectivity index (χ3v) is 3.58. The first-order chi connectivity index (χ1) is 7.18. The minimum atomic E-state index is -1.08. The van der Waals surface area contributed by atoms with E-state index in [1.165, 1.54) is 32.1 Å². The summed E-state index contributed by atoms with van der Waals surface area (Å²) in [4.78, 5) is 22.8. The third kappa shape index (κ3) is 2.13. The topological polar surface area (TPSA) is 57.6 Å². The first kappa shape index (κ1) is 10.5. The average Bonchev–Trinajstić information content (AvgIpc) is 2.17. The number of hydrogen-bond donors (Lipinski definition) is 1. The van der Waals surface area contributed by atoms with Gasteiger partial charge in [0.25, 0.3) is 0 Å². The van der Waals surface area contributed by atoms with Crippen LogP contribution in [0.3, 0.4) is 0 Å². The molecule has 2 aliphatic rings. The molecule has 2 fully saturated rings. The Morgan fingerprint density at radius 1 is 1.33 bits per heavy atom. The van der Waals surface area contributed by atoms with Crippen LogP contribution < -0.4 is 0 Å². The van der Waals surface area contributed by atoms with Crippen molar-refractivity contribution in [2.24, 2.45) is 5.92 Å². The molecule has 1 unspecified atom stereocenters. The van der Waals surface area contributed by atoms with E-state index in [1.807, 2.05) is 0 Å².